The summed E-state index contributed by atoms with van der Waals surface area (Å²) in [6.07, 6.45) is 5.66. The molecule has 1 fully saturated rings. The van der Waals surface area contributed by atoms with Crippen LogP contribution in [0.25, 0.3) is 0 Å². The van der Waals surface area contributed by atoms with Crippen molar-refractivity contribution in [2.75, 3.05) is 0 Å². The molecule has 82 valence electrons. The summed E-state index contributed by atoms with van der Waals surface area (Å²) in [6.45, 7) is 2.13. The number of aliphatic hydroxyl groups excluding tert-OH is 1. The Morgan fingerprint density at radius 3 is 2.87 bits per heavy atom. The standard InChI is InChI=1S/C14H20O/c1-11-4-2-5-12(10-11)8-9-13-6-3-7-14(13)15/h2,4-5,10,13-15H,3,6-9H2,1H3. The van der Waals surface area contributed by atoms with E-state index in [1.54, 1.807) is 0 Å². The second-order valence-corrected chi connectivity index (χ2v) is 4.79. The van der Waals surface area contributed by atoms with Crippen molar-refractivity contribution < 1.29 is 5.11 Å². The van der Waals surface area contributed by atoms with Crippen LogP contribution < -0.4 is 0 Å². The predicted molar refractivity (Wildman–Crippen MR) is 62.8 cm³/mol. The van der Waals surface area contributed by atoms with Gasteiger partial charge in [0.05, 0.1) is 6.10 Å². The average Bonchev–Trinajstić information content (AvgIpc) is 2.61. The number of aliphatic hydroxyl groups is 1. The van der Waals surface area contributed by atoms with Crippen molar-refractivity contribution in [3.63, 3.8) is 0 Å². The normalized spacial score (nSPS) is 25.7. The van der Waals surface area contributed by atoms with Crippen LogP contribution in [0.3, 0.4) is 0 Å². The lowest BCUT2D eigenvalue weighted by Gasteiger charge is -2.13. The maximum absolute atomic E-state index is 9.72. The molecule has 2 rings (SSSR count). The summed E-state index contributed by atoms with van der Waals surface area (Å²) >= 11 is 0. The van der Waals surface area contributed by atoms with Gasteiger partial charge in [0, 0.05) is 0 Å². The molecule has 0 aliphatic heterocycles. The highest BCUT2D eigenvalue weighted by Gasteiger charge is 2.24. The first kappa shape index (κ1) is 10.7. The van der Waals surface area contributed by atoms with Gasteiger partial charge in [0.2, 0.25) is 0 Å². The van der Waals surface area contributed by atoms with Crippen molar-refractivity contribution >= 4 is 0 Å². The summed E-state index contributed by atoms with van der Waals surface area (Å²) in [6, 6.07) is 8.69. The fourth-order valence-corrected chi connectivity index (χ4v) is 2.57. The SMILES string of the molecule is Cc1cccc(CCC2CCCC2O)c1. The van der Waals surface area contributed by atoms with E-state index in [0.29, 0.717) is 5.92 Å². The van der Waals surface area contributed by atoms with Crippen molar-refractivity contribution in [1.29, 1.82) is 0 Å². The van der Waals surface area contributed by atoms with Crippen LogP contribution in [-0.2, 0) is 6.42 Å². The smallest absolute Gasteiger partial charge is 0.0568 e. The highest BCUT2D eigenvalue weighted by atomic mass is 16.3. The fourth-order valence-electron chi connectivity index (χ4n) is 2.57. The van der Waals surface area contributed by atoms with Crippen molar-refractivity contribution in [2.24, 2.45) is 5.92 Å². The zero-order chi connectivity index (χ0) is 10.7. The molecule has 0 amide bonds. The molecule has 0 aromatic heterocycles. The molecule has 1 aromatic carbocycles. The van der Waals surface area contributed by atoms with E-state index in [2.05, 4.69) is 31.2 Å². The highest BCUT2D eigenvalue weighted by Crippen LogP contribution is 2.29. The zero-order valence-corrected chi connectivity index (χ0v) is 9.45. The molecule has 1 N–H and O–H groups in total. The van der Waals surface area contributed by atoms with Crippen LogP contribution in [0.15, 0.2) is 24.3 Å². The molecule has 1 aliphatic carbocycles. The first-order chi connectivity index (χ1) is 7.25. The largest absolute Gasteiger partial charge is 0.393 e. The first-order valence-electron chi connectivity index (χ1n) is 5.99. The average molecular weight is 204 g/mol. The lowest BCUT2D eigenvalue weighted by Crippen LogP contribution is -2.13. The molecule has 0 heterocycles. The summed E-state index contributed by atoms with van der Waals surface area (Å²) in [4.78, 5) is 0. The second kappa shape index (κ2) is 4.80. The molecule has 0 radical (unpaired) electrons. The van der Waals surface area contributed by atoms with Crippen LogP contribution in [0.2, 0.25) is 0 Å². The van der Waals surface area contributed by atoms with E-state index < -0.39 is 0 Å². The molecule has 0 spiro atoms. The Morgan fingerprint density at radius 2 is 2.20 bits per heavy atom. The Bertz CT molecular complexity index is 319. The molecule has 0 bridgehead atoms. The summed E-state index contributed by atoms with van der Waals surface area (Å²) < 4.78 is 0. The number of rotatable bonds is 3. The van der Waals surface area contributed by atoms with Gasteiger partial charge in [-0.25, -0.2) is 0 Å². The summed E-state index contributed by atoms with van der Waals surface area (Å²) in [5.41, 5.74) is 2.74. The molecule has 1 saturated carbocycles. The van der Waals surface area contributed by atoms with Gasteiger partial charge >= 0.3 is 0 Å². The first-order valence-corrected chi connectivity index (χ1v) is 5.99. The van der Waals surface area contributed by atoms with Crippen molar-refractivity contribution in [1.82, 2.24) is 0 Å². The van der Waals surface area contributed by atoms with E-state index >= 15 is 0 Å². The Hall–Kier alpha value is -0.820. The molecular formula is C14H20O. The van der Waals surface area contributed by atoms with Crippen molar-refractivity contribution in [3.05, 3.63) is 35.4 Å². The molecule has 2 atom stereocenters. The van der Waals surface area contributed by atoms with E-state index in [4.69, 9.17) is 0 Å². The van der Waals surface area contributed by atoms with Gasteiger partial charge in [-0.2, -0.15) is 0 Å². The predicted octanol–water partition coefficient (Wildman–Crippen LogP) is 3.09. The summed E-state index contributed by atoms with van der Waals surface area (Å²) in [7, 11) is 0. The molecule has 0 saturated heterocycles. The Balaban J connectivity index is 1.87. The van der Waals surface area contributed by atoms with Crippen LogP contribution in [0, 0.1) is 12.8 Å². The topological polar surface area (TPSA) is 20.2 Å². The van der Waals surface area contributed by atoms with Gasteiger partial charge < -0.3 is 5.11 Å². The quantitative estimate of drug-likeness (QED) is 0.802. The lowest BCUT2D eigenvalue weighted by atomic mass is 9.96. The Labute approximate surface area is 92.1 Å². The molecule has 2 unspecified atom stereocenters. The number of hydrogen-bond donors (Lipinski definition) is 1. The molecule has 15 heavy (non-hydrogen) atoms. The van der Waals surface area contributed by atoms with Gasteiger partial charge in [0.1, 0.15) is 0 Å². The minimum absolute atomic E-state index is 0.0326. The van der Waals surface area contributed by atoms with Crippen LogP contribution in [-0.4, -0.2) is 11.2 Å². The van der Waals surface area contributed by atoms with E-state index in [1.165, 1.54) is 24.0 Å². The van der Waals surface area contributed by atoms with Crippen LogP contribution >= 0.6 is 0 Å². The van der Waals surface area contributed by atoms with E-state index in [9.17, 15) is 5.11 Å². The third-order valence-electron chi connectivity index (χ3n) is 3.51. The van der Waals surface area contributed by atoms with Gasteiger partial charge in [-0.15, -0.1) is 0 Å². The van der Waals surface area contributed by atoms with Crippen molar-refractivity contribution in [3.8, 4) is 0 Å². The highest BCUT2D eigenvalue weighted by molar-refractivity contribution is 5.22. The number of aryl methyl sites for hydroxylation is 2. The van der Waals surface area contributed by atoms with Crippen LogP contribution in [0.1, 0.15) is 36.8 Å². The minimum Gasteiger partial charge on any atom is -0.393 e. The molecule has 1 aliphatic rings. The number of benzene rings is 1. The molecule has 1 nitrogen and oxygen atoms in total. The Kier molecular flexibility index (Phi) is 3.42. The van der Waals surface area contributed by atoms with Gasteiger partial charge in [0.15, 0.2) is 0 Å². The maximum atomic E-state index is 9.72. The maximum Gasteiger partial charge on any atom is 0.0568 e. The van der Waals surface area contributed by atoms with E-state index in [0.717, 1.165) is 19.3 Å². The van der Waals surface area contributed by atoms with Crippen LogP contribution in [0.5, 0.6) is 0 Å². The van der Waals surface area contributed by atoms with Gasteiger partial charge in [-0.3, -0.25) is 0 Å². The van der Waals surface area contributed by atoms with Gasteiger partial charge in [0.25, 0.3) is 0 Å². The lowest BCUT2D eigenvalue weighted by molar-refractivity contribution is 0.128. The molecule has 1 aromatic rings. The monoisotopic (exact) mass is 204 g/mol. The van der Waals surface area contributed by atoms with Gasteiger partial charge in [-0.1, -0.05) is 36.2 Å². The van der Waals surface area contributed by atoms with Crippen molar-refractivity contribution in [2.45, 2.75) is 45.1 Å². The molecule has 1 heteroatoms. The number of hydrogen-bond acceptors (Lipinski definition) is 1. The minimum atomic E-state index is -0.0326. The summed E-state index contributed by atoms with van der Waals surface area (Å²) in [5.74, 6) is 0.547. The van der Waals surface area contributed by atoms with E-state index in [-0.39, 0.29) is 6.10 Å². The van der Waals surface area contributed by atoms with Gasteiger partial charge in [-0.05, 0) is 44.1 Å². The van der Waals surface area contributed by atoms with Crippen LogP contribution in [0.4, 0.5) is 0 Å². The second-order valence-electron chi connectivity index (χ2n) is 4.79. The Morgan fingerprint density at radius 1 is 1.33 bits per heavy atom. The molecular weight excluding hydrogens is 184 g/mol. The van der Waals surface area contributed by atoms with E-state index in [1.807, 2.05) is 0 Å². The zero-order valence-electron chi connectivity index (χ0n) is 9.45. The third-order valence-corrected chi connectivity index (χ3v) is 3.51. The summed E-state index contributed by atoms with van der Waals surface area (Å²) in [5, 5.41) is 9.72. The third kappa shape index (κ3) is 2.82. The fraction of sp³-hybridized carbons (Fsp3) is 0.571.